The molecule has 18 heavy (non-hydrogen) atoms. The van der Waals surface area contributed by atoms with Crippen LogP contribution in [0.1, 0.15) is 5.82 Å². The molecule has 0 radical (unpaired) electrons. The minimum absolute atomic E-state index is 0.447. The molecule has 0 aliphatic carbocycles. The predicted octanol–water partition coefficient (Wildman–Crippen LogP) is 0.657. The molecule has 0 fully saturated rings. The number of hydrogen-bond donors (Lipinski definition) is 2. The van der Waals surface area contributed by atoms with Gasteiger partial charge < -0.3 is 20.0 Å². The van der Waals surface area contributed by atoms with Crippen molar-refractivity contribution in [3.63, 3.8) is 0 Å². The zero-order chi connectivity index (χ0) is 12.5. The highest BCUT2D eigenvalue weighted by molar-refractivity contribution is 5.64. The molecule has 3 aromatic rings. The van der Waals surface area contributed by atoms with E-state index in [0.717, 1.165) is 11.5 Å². The van der Waals surface area contributed by atoms with E-state index in [-0.39, 0.29) is 0 Å². The Hall–Kier alpha value is -2.57. The summed E-state index contributed by atoms with van der Waals surface area (Å²) in [4.78, 5) is 12.7. The highest BCUT2D eigenvalue weighted by Crippen LogP contribution is 2.15. The first-order valence-corrected chi connectivity index (χ1v) is 5.53. The summed E-state index contributed by atoms with van der Waals surface area (Å²) in [5.74, 6) is 2.02. The number of hydrogen-bond acceptors (Lipinski definition) is 5. The maximum atomic E-state index is 5.74. The predicted molar refractivity (Wildman–Crippen MR) is 67.9 cm³/mol. The van der Waals surface area contributed by atoms with Crippen molar-refractivity contribution >= 4 is 17.3 Å². The van der Waals surface area contributed by atoms with E-state index in [1.165, 1.54) is 0 Å². The van der Waals surface area contributed by atoms with Gasteiger partial charge in [-0.15, -0.1) is 0 Å². The summed E-state index contributed by atoms with van der Waals surface area (Å²) in [6.07, 6.45) is 8.93. The molecule has 3 heterocycles. The number of aryl methyl sites for hydroxylation is 1. The molecule has 0 spiro atoms. The van der Waals surface area contributed by atoms with Gasteiger partial charge in [-0.25, -0.2) is 15.0 Å². The summed E-state index contributed by atoms with van der Waals surface area (Å²) < 4.78 is 3.78. The van der Waals surface area contributed by atoms with E-state index < -0.39 is 0 Å². The molecule has 0 atom stereocenters. The fourth-order valence-electron chi connectivity index (χ4n) is 1.80. The minimum Gasteiger partial charge on any atom is -0.382 e. The van der Waals surface area contributed by atoms with Crippen LogP contribution in [0.5, 0.6) is 0 Å². The number of aromatic nitrogens is 5. The van der Waals surface area contributed by atoms with Gasteiger partial charge in [0.25, 0.3) is 0 Å². The second kappa shape index (κ2) is 4.02. The zero-order valence-electron chi connectivity index (χ0n) is 9.91. The van der Waals surface area contributed by atoms with E-state index >= 15 is 0 Å². The molecule has 0 saturated carbocycles. The van der Waals surface area contributed by atoms with Gasteiger partial charge in [-0.05, 0) is 0 Å². The Bertz CT molecular complexity index is 682. The molecule has 0 aromatic carbocycles. The van der Waals surface area contributed by atoms with Crippen LogP contribution in [0, 0.1) is 0 Å². The van der Waals surface area contributed by atoms with Crippen LogP contribution in [0.4, 0.5) is 11.6 Å². The summed E-state index contributed by atoms with van der Waals surface area (Å²) >= 11 is 0. The molecule has 3 aromatic heterocycles. The first-order valence-electron chi connectivity index (χ1n) is 5.53. The first-order chi connectivity index (χ1) is 8.74. The van der Waals surface area contributed by atoms with Crippen molar-refractivity contribution in [3.8, 4) is 0 Å². The second-order valence-electron chi connectivity index (χ2n) is 3.98. The van der Waals surface area contributed by atoms with Gasteiger partial charge >= 0.3 is 0 Å². The fraction of sp³-hybridized carbons (Fsp3) is 0.182. The van der Waals surface area contributed by atoms with Crippen molar-refractivity contribution < 1.29 is 0 Å². The topological polar surface area (TPSA) is 86.1 Å². The molecular weight excluding hydrogens is 230 g/mol. The average molecular weight is 243 g/mol. The molecule has 3 rings (SSSR count). The molecule has 0 bridgehead atoms. The van der Waals surface area contributed by atoms with Gasteiger partial charge in [0.2, 0.25) is 0 Å². The van der Waals surface area contributed by atoms with E-state index in [4.69, 9.17) is 5.73 Å². The number of nitrogens with zero attached hydrogens (tertiary/aromatic N) is 5. The second-order valence-corrected chi connectivity index (χ2v) is 3.98. The van der Waals surface area contributed by atoms with Crippen LogP contribution in [0.2, 0.25) is 0 Å². The summed E-state index contributed by atoms with van der Waals surface area (Å²) in [5.41, 5.74) is 6.49. The van der Waals surface area contributed by atoms with Gasteiger partial charge in [0.1, 0.15) is 11.6 Å². The highest BCUT2D eigenvalue weighted by Gasteiger charge is 2.07. The summed E-state index contributed by atoms with van der Waals surface area (Å²) in [7, 11) is 1.95. The lowest BCUT2D eigenvalue weighted by Crippen LogP contribution is -2.09. The van der Waals surface area contributed by atoms with Gasteiger partial charge in [0.15, 0.2) is 11.5 Å². The highest BCUT2D eigenvalue weighted by atomic mass is 15.1. The Kier molecular flexibility index (Phi) is 2.36. The van der Waals surface area contributed by atoms with Gasteiger partial charge in [-0.1, -0.05) is 0 Å². The summed E-state index contributed by atoms with van der Waals surface area (Å²) in [5, 5.41) is 3.20. The average Bonchev–Trinajstić information content (AvgIpc) is 2.94. The maximum Gasteiger partial charge on any atom is 0.180 e. The van der Waals surface area contributed by atoms with Crippen LogP contribution >= 0.6 is 0 Å². The van der Waals surface area contributed by atoms with Crippen molar-refractivity contribution in [1.29, 1.82) is 0 Å². The van der Waals surface area contributed by atoms with Gasteiger partial charge in [0, 0.05) is 31.8 Å². The summed E-state index contributed by atoms with van der Waals surface area (Å²) in [6.45, 7) is 0.572. The SMILES string of the molecule is Cn1ccnc1CNc1nc(N)cn2ccnc12. The number of nitrogens with one attached hydrogen (secondary N) is 1. The number of imidazole rings is 2. The first kappa shape index (κ1) is 10.6. The Morgan fingerprint density at radius 1 is 1.28 bits per heavy atom. The number of nitrogen functional groups attached to an aromatic ring is 1. The molecule has 92 valence electrons. The quantitative estimate of drug-likeness (QED) is 0.705. The van der Waals surface area contributed by atoms with E-state index in [2.05, 4.69) is 20.3 Å². The normalized spacial score (nSPS) is 10.9. The van der Waals surface area contributed by atoms with Crippen LogP contribution in [-0.4, -0.2) is 23.9 Å². The molecule has 0 unspecified atom stereocenters. The molecule has 3 N–H and O–H groups in total. The van der Waals surface area contributed by atoms with Crippen LogP contribution in [0.3, 0.4) is 0 Å². The lowest BCUT2D eigenvalue weighted by molar-refractivity contribution is 0.811. The molecule has 0 saturated heterocycles. The molecule has 0 aliphatic rings. The van der Waals surface area contributed by atoms with Crippen molar-refractivity contribution in [2.75, 3.05) is 11.1 Å². The lowest BCUT2D eigenvalue weighted by Gasteiger charge is -2.07. The van der Waals surface area contributed by atoms with Crippen LogP contribution in [0.15, 0.2) is 31.0 Å². The van der Waals surface area contributed by atoms with Crippen LogP contribution < -0.4 is 11.1 Å². The van der Waals surface area contributed by atoms with Crippen molar-refractivity contribution in [1.82, 2.24) is 23.9 Å². The van der Waals surface area contributed by atoms with Crippen LogP contribution in [-0.2, 0) is 13.6 Å². The Morgan fingerprint density at radius 3 is 2.89 bits per heavy atom. The van der Waals surface area contributed by atoms with Crippen molar-refractivity contribution in [2.24, 2.45) is 7.05 Å². The maximum absolute atomic E-state index is 5.74. The fourth-order valence-corrected chi connectivity index (χ4v) is 1.80. The number of fused-ring (bicyclic) bond motifs is 1. The molecular formula is C11H13N7. The third-order valence-corrected chi connectivity index (χ3v) is 2.73. The number of nitrogens with two attached hydrogens (primary N) is 1. The van der Waals surface area contributed by atoms with E-state index in [1.807, 2.05) is 28.4 Å². The van der Waals surface area contributed by atoms with E-state index in [0.29, 0.717) is 18.2 Å². The van der Waals surface area contributed by atoms with Crippen molar-refractivity contribution in [3.05, 3.63) is 36.8 Å². The summed E-state index contributed by atoms with van der Waals surface area (Å²) in [6, 6.07) is 0. The van der Waals surface area contributed by atoms with E-state index in [1.54, 1.807) is 18.6 Å². The molecule has 0 aliphatic heterocycles. The number of anilines is 2. The monoisotopic (exact) mass is 243 g/mol. The Morgan fingerprint density at radius 2 is 2.11 bits per heavy atom. The number of rotatable bonds is 3. The lowest BCUT2D eigenvalue weighted by atomic mass is 10.5. The van der Waals surface area contributed by atoms with Gasteiger partial charge in [0.05, 0.1) is 12.7 Å². The van der Waals surface area contributed by atoms with Crippen LogP contribution in [0.25, 0.3) is 5.65 Å². The zero-order valence-corrected chi connectivity index (χ0v) is 9.91. The molecule has 7 nitrogen and oxygen atoms in total. The smallest absolute Gasteiger partial charge is 0.180 e. The Labute approximate surface area is 103 Å². The standard InChI is InChI=1S/C11H13N7/c1-17-4-2-13-9(17)6-15-10-11-14-3-5-18(11)7-8(12)16-10/h2-5,7H,6,12H2,1H3,(H,15,16). The largest absolute Gasteiger partial charge is 0.382 e. The third-order valence-electron chi connectivity index (χ3n) is 2.73. The van der Waals surface area contributed by atoms with Gasteiger partial charge in [-0.3, -0.25) is 0 Å². The molecule has 0 amide bonds. The van der Waals surface area contributed by atoms with Gasteiger partial charge in [-0.2, -0.15) is 0 Å². The molecule has 7 heteroatoms. The van der Waals surface area contributed by atoms with E-state index in [9.17, 15) is 0 Å². The minimum atomic E-state index is 0.447. The third kappa shape index (κ3) is 1.75. The van der Waals surface area contributed by atoms with Crippen molar-refractivity contribution in [2.45, 2.75) is 6.54 Å². The Balaban J connectivity index is 1.90.